The molecule has 0 aliphatic heterocycles. The standard InChI is InChI=1S/C9H14N2O5S2/c1-17(13,14)10-9(11-18(2,15)16)7-5-3-4-6-8(7)12/h3-6,9-12H,1-2H3. The Morgan fingerprint density at radius 1 is 1.00 bits per heavy atom. The number of phenols is 1. The molecule has 0 bridgehead atoms. The summed E-state index contributed by atoms with van der Waals surface area (Å²) in [6, 6.07) is 5.83. The third-order valence-electron chi connectivity index (χ3n) is 1.91. The van der Waals surface area contributed by atoms with Crippen LogP contribution < -0.4 is 9.44 Å². The van der Waals surface area contributed by atoms with Crippen molar-refractivity contribution in [2.24, 2.45) is 0 Å². The first-order valence-electron chi connectivity index (χ1n) is 4.81. The largest absolute Gasteiger partial charge is 0.508 e. The van der Waals surface area contributed by atoms with E-state index < -0.39 is 26.2 Å². The van der Waals surface area contributed by atoms with E-state index in [0.717, 1.165) is 12.5 Å². The summed E-state index contributed by atoms with van der Waals surface area (Å²) in [6.45, 7) is 0. The Morgan fingerprint density at radius 2 is 1.44 bits per heavy atom. The van der Waals surface area contributed by atoms with Crippen molar-refractivity contribution in [1.29, 1.82) is 0 Å². The summed E-state index contributed by atoms with van der Waals surface area (Å²) in [7, 11) is -7.30. The molecule has 0 heterocycles. The van der Waals surface area contributed by atoms with Crippen molar-refractivity contribution in [3.05, 3.63) is 29.8 Å². The zero-order valence-electron chi connectivity index (χ0n) is 9.78. The molecule has 0 unspecified atom stereocenters. The molecule has 0 saturated heterocycles. The Bertz CT molecular complexity index is 590. The number of sulfonamides is 2. The van der Waals surface area contributed by atoms with Crippen molar-refractivity contribution in [2.75, 3.05) is 12.5 Å². The number of phenolic OH excluding ortho intramolecular Hbond substituents is 1. The summed E-state index contributed by atoms with van der Waals surface area (Å²) in [4.78, 5) is 0. The number of para-hydroxylation sites is 1. The lowest BCUT2D eigenvalue weighted by molar-refractivity contribution is 0.452. The smallest absolute Gasteiger partial charge is 0.210 e. The number of aromatic hydroxyl groups is 1. The fraction of sp³-hybridized carbons (Fsp3) is 0.333. The van der Waals surface area contributed by atoms with Gasteiger partial charge in [0.15, 0.2) is 0 Å². The maximum atomic E-state index is 11.2. The lowest BCUT2D eigenvalue weighted by Crippen LogP contribution is -2.40. The minimum Gasteiger partial charge on any atom is -0.508 e. The molecule has 1 aromatic rings. The van der Waals surface area contributed by atoms with Crippen LogP contribution in [0.5, 0.6) is 5.75 Å². The molecule has 18 heavy (non-hydrogen) atoms. The Kier molecular flexibility index (Phi) is 4.32. The highest BCUT2D eigenvalue weighted by molar-refractivity contribution is 7.89. The van der Waals surface area contributed by atoms with Crippen LogP contribution >= 0.6 is 0 Å². The summed E-state index contributed by atoms with van der Waals surface area (Å²) < 4.78 is 48.9. The SMILES string of the molecule is CS(=O)(=O)NC(NS(C)(=O)=O)c1ccccc1O. The highest BCUT2D eigenvalue weighted by Crippen LogP contribution is 2.22. The number of hydrogen-bond acceptors (Lipinski definition) is 5. The van der Waals surface area contributed by atoms with E-state index in [1.165, 1.54) is 18.2 Å². The lowest BCUT2D eigenvalue weighted by Gasteiger charge is -2.19. The molecule has 0 atom stereocenters. The second-order valence-corrected chi connectivity index (χ2v) is 7.33. The van der Waals surface area contributed by atoms with E-state index >= 15 is 0 Å². The predicted molar refractivity (Wildman–Crippen MR) is 66.8 cm³/mol. The van der Waals surface area contributed by atoms with Crippen molar-refractivity contribution in [1.82, 2.24) is 9.44 Å². The molecule has 0 aromatic heterocycles. The zero-order valence-corrected chi connectivity index (χ0v) is 11.4. The van der Waals surface area contributed by atoms with Crippen LogP contribution in [-0.4, -0.2) is 34.5 Å². The Morgan fingerprint density at radius 3 is 1.83 bits per heavy atom. The van der Waals surface area contributed by atoms with E-state index in [1.54, 1.807) is 6.07 Å². The number of nitrogens with one attached hydrogen (secondary N) is 2. The maximum Gasteiger partial charge on any atom is 0.210 e. The van der Waals surface area contributed by atoms with Gasteiger partial charge in [-0.25, -0.2) is 16.8 Å². The second-order valence-electron chi connectivity index (χ2n) is 3.77. The normalized spacial score (nSPS) is 12.8. The van der Waals surface area contributed by atoms with E-state index in [-0.39, 0.29) is 11.3 Å². The van der Waals surface area contributed by atoms with E-state index in [9.17, 15) is 21.9 Å². The number of benzene rings is 1. The highest BCUT2D eigenvalue weighted by atomic mass is 32.2. The van der Waals surface area contributed by atoms with Crippen LogP contribution in [0.2, 0.25) is 0 Å². The quantitative estimate of drug-likeness (QED) is 0.633. The summed E-state index contributed by atoms with van der Waals surface area (Å²) in [6.07, 6.45) is 0.532. The van der Waals surface area contributed by atoms with Crippen molar-refractivity contribution in [3.63, 3.8) is 0 Å². The molecule has 1 aromatic carbocycles. The Balaban J connectivity index is 3.17. The van der Waals surface area contributed by atoms with E-state index in [0.29, 0.717) is 0 Å². The van der Waals surface area contributed by atoms with Crippen LogP contribution in [0.15, 0.2) is 24.3 Å². The Labute approximate surface area is 106 Å². The van der Waals surface area contributed by atoms with E-state index in [1.807, 2.05) is 0 Å². The molecule has 0 fully saturated rings. The third-order valence-corrected chi connectivity index (χ3v) is 3.24. The molecule has 0 spiro atoms. The molecule has 102 valence electrons. The van der Waals surface area contributed by atoms with Gasteiger partial charge in [-0.2, -0.15) is 9.44 Å². The molecule has 0 amide bonds. The predicted octanol–water partition coefficient (Wildman–Crippen LogP) is -0.511. The van der Waals surface area contributed by atoms with Gasteiger partial charge < -0.3 is 5.11 Å². The first-order chi connectivity index (χ1) is 8.08. The van der Waals surface area contributed by atoms with Crippen LogP contribution in [0.3, 0.4) is 0 Å². The summed E-state index contributed by atoms with van der Waals surface area (Å²) in [5.74, 6) is -0.213. The van der Waals surface area contributed by atoms with Crippen LogP contribution in [0.1, 0.15) is 11.7 Å². The average Bonchev–Trinajstić information content (AvgIpc) is 2.12. The Hall–Kier alpha value is -1.16. The van der Waals surface area contributed by atoms with Gasteiger partial charge in [-0.05, 0) is 6.07 Å². The minimum atomic E-state index is -3.65. The van der Waals surface area contributed by atoms with Gasteiger partial charge in [0.1, 0.15) is 11.9 Å². The van der Waals surface area contributed by atoms with Crippen LogP contribution in [0.25, 0.3) is 0 Å². The van der Waals surface area contributed by atoms with Crippen molar-refractivity contribution in [2.45, 2.75) is 6.17 Å². The molecule has 0 radical (unpaired) electrons. The molecule has 1 rings (SSSR count). The second kappa shape index (κ2) is 5.22. The molecule has 7 nitrogen and oxygen atoms in total. The van der Waals surface area contributed by atoms with Gasteiger partial charge in [0.2, 0.25) is 20.0 Å². The first kappa shape index (κ1) is 14.9. The van der Waals surface area contributed by atoms with Crippen LogP contribution in [-0.2, 0) is 20.0 Å². The molecule has 0 aliphatic rings. The van der Waals surface area contributed by atoms with Gasteiger partial charge in [0, 0.05) is 5.56 Å². The van der Waals surface area contributed by atoms with Crippen LogP contribution in [0.4, 0.5) is 0 Å². The van der Waals surface area contributed by atoms with Crippen molar-refractivity contribution >= 4 is 20.0 Å². The highest BCUT2D eigenvalue weighted by Gasteiger charge is 2.21. The average molecular weight is 294 g/mol. The van der Waals surface area contributed by atoms with Gasteiger partial charge in [-0.1, -0.05) is 18.2 Å². The van der Waals surface area contributed by atoms with Gasteiger partial charge in [0.25, 0.3) is 0 Å². The fourth-order valence-electron chi connectivity index (χ4n) is 1.31. The van der Waals surface area contributed by atoms with Gasteiger partial charge in [-0.3, -0.25) is 0 Å². The summed E-state index contributed by atoms with van der Waals surface area (Å²) >= 11 is 0. The van der Waals surface area contributed by atoms with Gasteiger partial charge in [0.05, 0.1) is 12.5 Å². The maximum absolute atomic E-state index is 11.2. The first-order valence-corrected chi connectivity index (χ1v) is 8.59. The topological polar surface area (TPSA) is 113 Å². The monoisotopic (exact) mass is 294 g/mol. The molecular weight excluding hydrogens is 280 g/mol. The fourth-order valence-corrected chi connectivity index (χ4v) is 2.61. The molecule has 3 N–H and O–H groups in total. The number of rotatable bonds is 5. The van der Waals surface area contributed by atoms with Crippen LogP contribution in [0, 0.1) is 0 Å². The van der Waals surface area contributed by atoms with Crippen molar-refractivity contribution < 1.29 is 21.9 Å². The molecule has 0 saturated carbocycles. The summed E-state index contributed by atoms with van der Waals surface area (Å²) in [5.41, 5.74) is 0.119. The molecule has 0 aliphatic carbocycles. The third kappa shape index (κ3) is 5.00. The van der Waals surface area contributed by atoms with Gasteiger partial charge >= 0.3 is 0 Å². The zero-order chi connectivity index (χ0) is 14.0. The summed E-state index contributed by atoms with van der Waals surface area (Å²) in [5, 5.41) is 9.60. The molecule has 9 heteroatoms. The van der Waals surface area contributed by atoms with Gasteiger partial charge in [-0.15, -0.1) is 0 Å². The van der Waals surface area contributed by atoms with E-state index in [2.05, 4.69) is 9.44 Å². The number of hydrogen-bond donors (Lipinski definition) is 3. The van der Waals surface area contributed by atoms with Crippen molar-refractivity contribution in [3.8, 4) is 5.75 Å². The molecular formula is C9H14N2O5S2. The minimum absolute atomic E-state index is 0.119. The van der Waals surface area contributed by atoms with E-state index in [4.69, 9.17) is 0 Å². The lowest BCUT2D eigenvalue weighted by atomic mass is 10.1.